The minimum Gasteiger partial charge on any atom is -0.277 e. The van der Waals surface area contributed by atoms with E-state index in [-0.39, 0.29) is 5.71 Å². The number of para-hydroxylation sites is 1. The van der Waals surface area contributed by atoms with E-state index in [9.17, 15) is 18.4 Å². The average Bonchev–Trinajstić information content (AvgIpc) is 2.99. The number of thiazole rings is 1. The first-order chi connectivity index (χ1) is 11.5. The maximum Gasteiger partial charge on any atom is 0.416 e. The number of hydrogen-bond acceptors (Lipinski definition) is 5. The van der Waals surface area contributed by atoms with Crippen LogP contribution in [-0.4, -0.2) is 10.7 Å². The molecule has 1 N–H and O–H groups in total. The molecule has 0 aliphatic heterocycles. The van der Waals surface area contributed by atoms with Gasteiger partial charge in [0.1, 0.15) is 6.07 Å². The zero-order valence-corrected chi connectivity index (χ0v) is 12.8. The van der Waals surface area contributed by atoms with Crippen LogP contribution in [0.1, 0.15) is 10.6 Å². The molecule has 8 heteroatoms. The first-order valence-electron chi connectivity index (χ1n) is 6.74. The van der Waals surface area contributed by atoms with Gasteiger partial charge in [-0.3, -0.25) is 5.43 Å². The summed E-state index contributed by atoms with van der Waals surface area (Å²) in [6.45, 7) is 0. The lowest BCUT2D eigenvalue weighted by molar-refractivity contribution is -0.137. The number of hydrogen-bond donors (Lipinski definition) is 1. The van der Waals surface area contributed by atoms with Crippen LogP contribution in [0.3, 0.4) is 0 Å². The van der Waals surface area contributed by atoms with Crippen LogP contribution in [0.5, 0.6) is 0 Å². The highest BCUT2D eigenvalue weighted by Crippen LogP contribution is 2.29. The van der Waals surface area contributed by atoms with E-state index in [1.165, 1.54) is 23.5 Å². The van der Waals surface area contributed by atoms with Gasteiger partial charge in [-0.05, 0) is 36.4 Å². The van der Waals surface area contributed by atoms with E-state index in [1.807, 2.05) is 30.3 Å². The maximum absolute atomic E-state index is 12.5. The van der Waals surface area contributed by atoms with Crippen molar-refractivity contribution < 1.29 is 13.2 Å². The van der Waals surface area contributed by atoms with E-state index in [4.69, 9.17) is 0 Å². The number of nitrogens with one attached hydrogen (secondary N) is 1. The summed E-state index contributed by atoms with van der Waals surface area (Å²) in [4.78, 5) is 4.32. The Hall–Kier alpha value is -2.92. The molecule has 2 aromatic carbocycles. The Balaban J connectivity index is 1.82. The molecule has 0 unspecified atom stereocenters. The van der Waals surface area contributed by atoms with E-state index in [2.05, 4.69) is 15.5 Å². The van der Waals surface area contributed by atoms with Gasteiger partial charge < -0.3 is 0 Å². The van der Waals surface area contributed by atoms with Crippen LogP contribution < -0.4 is 5.43 Å². The second kappa shape index (κ2) is 6.29. The van der Waals surface area contributed by atoms with Gasteiger partial charge in [0.05, 0.1) is 21.5 Å². The first-order valence-corrected chi connectivity index (χ1v) is 7.56. The Morgan fingerprint density at radius 1 is 1.12 bits per heavy atom. The number of benzene rings is 2. The molecule has 0 radical (unpaired) electrons. The Morgan fingerprint density at radius 2 is 1.83 bits per heavy atom. The Bertz CT molecular complexity index is 903. The van der Waals surface area contributed by atoms with Gasteiger partial charge in [-0.15, -0.1) is 11.3 Å². The molecule has 0 aliphatic rings. The molecule has 0 bridgehead atoms. The predicted molar refractivity (Wildman–Crippen MR) is 86.8 cm³/mol. The molecule has 0 aliphatic carbocycles. The number of halogens is 3. The summed E-state index contributed by atoms with van der Waals surface area (Å²) in [5.41, 5.74) is 3.00. The highest BCUT2D eigenvalue weighted by atomic mass is 32.1. The Morgan fingerprint density at radius 3 is 2.46 bits per heavy atom. The van der Waals surface area contributed by atoms with Gasteiger partial charge in [0, 0.05) is 0 Å². The second-order valence-corrected chi connectivity index (χ2v) is 5.78. The van der Waals surface area contributed by atoms with Crippen LogP contribution >= 0.6 is 11.3 Å². The molecule has 0 amide bonds. The largest absolute Gasteiger partial charge is 0.416 e. The molecular formula is C16H9F3N4S. The SMILES string of the molecule is N#C/C(=N\Nc1ccc(C(F)(F)F)cc1)c1nc2ccccc2s1. The molecule has 1 aromatic heterocycles. The molecule has 0 spiro atoms. The van der Waals surface area contributed by atoms with Gasteiger partial charge in [-0.1, -0.05) is 12.1 Å². The number of fused-ring (bicyclic) bond motifs is 1. The zero-order valence-electron chi connectivity index (χ0n) is 12.0. The van der Waals surface area contributed by atoms with Crippen molar-refractivity contribution in [2.75, 3.05) is 5.43 Å². The van der Waals surface area contributed by atoms with Crippen LogP contribution in [0.4, 0.5) is 18.9 Å². The third kappa shape index (κ3) is 3.36. The molecule has 3 aromatic rings. The van der Waals surface area contributed by atoms with Crippen LogP contribution in [0.2, 0.25) is 0 Å². The molecule has 1 heterocycles. The highest BCUT2D eigenvalue weighted by molar-refractivity contribution is 7.20. The van der Waals surface area contributed by atoms with Crippen molar-refractivity contribution in [3.63, 3.8) is 0 Å². The summed E-state index contributed by atoms with van der Waals surface area (Å²) in [6.07, 6.45) is -4.39. The smallest absolute Gasteiger partial charge is 0.277 e. The summed E-state index contributed by atoms with van der Waals surface area (Å²) < 4.78 is 38.5. The lowest BCUT2D eigenvalue weighted by Crippen LogP contribution is -2.05. The summed E-state index contributed by atoms with van der Waals surface area (Å²) in [5.74, 6) is 0. The number of nitriles is 1. The zero-order chi connectivity index (χ0) is 17.2. The van der Waals surface area contributed by atoms with Crippen molar-refractivity contribution in [2.45, 2.75) is 6.18 Å². The molecule has 0 saturated carbocycles. The standard InChI is InChI=1S/C16H9F3N4S/c17-16(18,19)10-5-7-11(8-6-10)22-23-13(9-20)15-21-12-3-1-2-4-14(12)24-15/h1-8,22H/b23-13+. The number of alkyl halides is 3. The van der Waals surface area contributed by atoms with Crippen LogP contribution in [0, 0.1) is 11.3 Å². The second-order valence-electron chi connectivity index (χ2n) is 4.75. The molecule has 120 valence electrons. The van der Waals surface area contributed by atoms with E-state index in [1.54, 1.807) is 0 Å². The lowest BCUT2D eigenvalue weighted by atomic mass is 10.2. The summed E-state index contributed by atoms with van der Waals surface area (Å²) in [5, 5.41) is 13.6. The van der Waals surface area contributed by atoms with E-state index >= 15 is 0 Å². The van der Waals surface area contributed by atoms with Gasteiger partial charge in [0.2, 0.25) is 0 Å². The van der Waals surface area contributed by atoms with Gasteiger partial charge in [-0.2, -0.15) is 23.5 Å². The molecule has 4 nitrogen and oxygen atoms in total. The summed E-state index contributed by atoms with van der Waals surface area (Å²) >= 11 is 1.32. The van der Waals surface area contributed by atoms with Crippen molar-refractivity contribution in [2.24, 2.45) is 5.10 Å². The van der Waals surface area contributed by atoms with Gasteiger partial charge in [0.15, 0.2) is 10.7 Å². The monoisotopic (exact) mass is 346 g/mol. The number of nitrogens with zero attached hydrogens (tertiary/aromatic N) is 3. The third-order valence-electron chi connectivity index (χ3n) is 3.11. The van der Waals surface area contributed by atoms with Crippen LogP contribution in [-0.2, 0) is 6.18 Å². The minimum absolute atomic E-state index is 0.0658. The van der Waals surface area contributed by atoms with E-state index in [0.717, 1.165) is 22.3 Å². The van der Waals surface area contributed by atoms with E-state index in [0.29, 0.717) is 10.7 Å². The summed E-state index contributed by atoms with van der Waals surface area (Å²) in [6, 6.07) is 13.8. The quantitative estimate of drug-likeness (QED) is 0.554. The lowest BCUT2D eigenvalue weighted by Gasteiger charge is -2.07. The van der Waals surface area contributed by atoms with Crippen molar-refractivity contribution in [1.82, 2.24) is 4.98 Å². The Labute approximate surface area is 138 Å². The molecule has 3 rings (SSSR count). The molecule has 24 heavy (non-hydrogen) atoms. The number of anilines is 1. The fourth-order valence-electron chi connectivity index (χ4n) is 1.95. The average molecular weight is 346 g/mol. The summed E-state index contributed by atoms with van der Waals surface area (Å²) in [7, 11) is 0. The van der Waals surface area contributed by atoms with Gasteiger partial charge in [-0.25, -0.2) is 4.98 Å². The topological polar surface area (TPSA) is 61.1 Å². The fraction of sp³-hybridized carbons (Fsp3) is 0.0625. The van der Waals surface area contributed by atoms with Crippen molar-refractivity contribution >= 4 is 33.0 Å². The van der Waals surface area contributed by atoms with E-state index < -0.39 is 11.7 Å². The van der Waals surface area contributed by atoms with Crippen LogP contribution in [0.15, 0.2) is 53.6 Å². The molecule has 0 fully saturated rings. The number of aromatic nitrogens is 1. The van der Waals surface area contributed by atoms with Crippen LogP contribution in [0.25, 0.3) is 10.2 Å². The normalized spacial score (nSPS) is 12.2. The predicted octanol–water partition coefficient (Wildman–Crippen LogP) is 4.65. The molecule has 0 atom stereocenters. The maximum atomic E-state index is 12.5. The van der Waals surface area contributed by atoms with Crippen molar-refractivity contribution in [1.29, 1.82) is 5.26 Å². The third-order valence-corrected chi connectivity index (χ3v) is 4.15. The molecular weight excluding hydrogens is 337 g/mol. The van der Waals surface area contributed by atoms with Gasteiger partial charge >= 0.3 is 6.18 Å². The van der Waals surface area contributed by atoms with Crippen molar-refractivity contribution in [3.05, 3.63) is 59.1 Å². The fourth-order valence-corrected chi connectivity index (χ4v) is 2.85. The first kappa shape index (κ1) is 16.0. The number of hydrazone groups is 1. The van der Waals surface area contributed by atoms with Gasteiger partial charge in [0.25, 0.3) is 0 Å². The highest BCUT2D eigenvalue weighted by Gasteiger charge is 2.29. The van der Waals surface area contributed by atoms with Crippen molar-refractivity contribution in [3.8, 4) is 6.07 Å². The minimum atomic E-state index is -4.39. The molecule has 0 saturated heterocycles. The Kier molecular flexibility index (Phi) is 4.18. The number of rotatable bonds is 3.